The zero-order valence-corrected chi connectivity index (χ0v) is 15.6. The van der Waals surface area contributed by atoms with E-state index in [0.29, 0.717) is 12.5 Å². The number of hydrogen-bond donors (Lipinski definition) is 1. The minimum Gasteiger partial charge on any atom is -0.490 e. The molecule has 4 heteroatoms. The Morgan fingerprint density at radius 3 is 1.75 bits per heavy atom. The first-order chi connectivity index (χ1) is 13.6. The van der Waals surface area contributed by atoms with E-state index < -0.39 is 0 Å². The standard InChI is InChI=1S/C24H23F2NO/c25-21-6-2-17(3-7-21)19-12-20(18-4-8-22(26)9-5-18)14-24(13-19)28-23-10-1-16(11-23)15-27/h2-9,12-14,16,23H,1,10-11,15,27H2/t16-,23+/m0/s1. The summed E-state index contributed by atoms with van der Waals surface area (Å²) in [6.07, 6.45) is 3.19. The van der Waals surface area contributed by atoms with E-state index in [2.05, 4.69) is 0 Å². The van der Waals surface area contributed by atoms with Crippen molar-refractivity contribution in [2.45, 2.75) is 25.4 Å². The maximum atomic E-state index is 13.3. The highest BCUT2D eigenvalue weighted by atomic mass is 19.1. The molecular formula is C24H23F2NO. The van der Waals surface area contributed by atoms with E-state index in [1.54, 1.807) is 24.3 Å². The molecule has 0 saturated heterocycles. The van der Waals surface area contributed by atoms with Gasteiger partial charge < -0.3 is 10.5 Å². The highest BCUT2D eigenvalue weighted by molar-refractivity contribution is 5.75. The molecule has 0 heterocycles. The van der Waals surface area contributed by atoms with Crippen molar-refractivity contribution >= 4 is 0 Å². The van der Waals surface area contributed by atoms with E-state index in [1.807, 2.05) is 18.2 Å². The molecule has 3 aromatic rings. The van der Waals surface area contributed by atoms with Crippen LogP contribution in [0.5, 0.6) is 5.75 Å². The highest BCUT2D eigenvalue weighted by Gasteiger charge is 2.25. The average Bonchev–Trinajstić information content (AvgIpc) is 3.16. The Hall–Kier alpha value is -2.72. The molecule has 1 aliphatic carbocycles. The fraction of sp³-hybridized carbons (Fsp3) is 0.250. The third-order valence-corrected chi connectivity index (χ3v) is 5.39. The van der Waals surface area contributed by atoms with Crippen LogP contribution in [0.1, 0.15) is 19.3 Å². The van der Waals surface area contributed by atoms with Gasteiger partial charge in [0.25, 0.3) is 0 Å². The van der Waals surface area contributed by atoms with Gasteiger partial charge in [-0.2, -0.15) is 0 Å². The first-order valence-electron chi connectivity index (χ1n) is 9.64. The lowest BCUT2D eigenvalue weighted by Gasteiger charge is -2.17. The fourth-order valence-corrected chi connectivity index (χ4v) is 3.83. The van der Waals surface area contributed by atoms with Crippen LogP contribution in [0.4, 0.5) is 8.78 Å². The highest BCUT2D eigenvalue weighted by Crippen LogP contribution is 2.34. The van der Waals surface area contributed by atoms with Crippen LogP contribution in [0.15, 0.2) is 66.7 Å². The van der Waals surface area contributed by atoms with Crippen LogP contribution in [-0.4, -0.2) is 12.6 Å². The Bertz CT molecular complexity index is 874. The molecule has 28 heavy (non-hydrogen) atoms. The maximum absolute atomic E-state index is 13.3. The topological polar surface area (TPSA) is 35.2 Å². The minimum absolute atomic E-state index is 0.151. The second-order valence-electron chi connectivity index (χ2n) is 7.41. The molecule has 1 aliphatic rings. The molecule has 4 rings (SSSR count). The number of ether oxygens (including phenoxy) is 1. The summed E-state index contributed by atoms with van der Waals surface area (Å²) in [5.74, 6) is 0.744. The lowest BCUT2D eigenvalue weighted by Crippen LogP contribution is -2.15. The lowest BCUT2D eigenvalue weighted by atomic mass is 9.98. The van der Waals surface area contributed by atoms with E-state index in [9.17, 15) is 8.78 Å². The van der Waals surface area contributed by atoms with Crippen molar-refractivity contribution in [3.63, 3.8) is 0 Å². The third kappa shape index (κ3) is 4.23. The van der Waals surface area contributed by atoms with Gasteiger partial charge in [0, 0.05) is 0 Å². The van der Waals surface area contributed by atoms with Gasteiger partial charge >= 0.3 is 0 Å². The van der Waals surface area contributed by atoms with Crippen molar-refractivity contribution in [1.82, 2.24) is 0 Å². The predicted octanol–water partition coefficient (Wildman–Crippen LogP) is 5.81. The summed E-state index contributed by atoms with van der Waals surface area (Å²) < 4.78 is 32.9. The number of benzene rings is 3. The molecule has 0 unspecified atom stereocenters. The molecular weight excluding hydrogens is 356 g/mol. The van der Waals surface area contributed by atoms with Crippen molar-refractivity contribution in [2.24, 2.45) is 11.7 Å². The fourth-order valence-electron chi connectivity index (χ4n) is 3.83. The van der Waals surface area contributed by atoms with Gasteiger partial charge in [-0.05, 0) is 96.4 Å². The normalized spacial score (nSPS) is 19.0. The predicted molar refractivity (Wildman–Crippen MR) is 108 cm³/mol. The maximum Gasteiger partial charge on any atom is 0.123 e. The van der Waals surface area contributed by atoms with Gasteiger partial charge in [0.2, 0.25) is 0 Å². The van der Waals surface area contributed by atoms with Crippen molar-refractivity contribution in [3.8, 4) is 28.0 Å². The molecule has 0 aliphatic heterocycles. The Morgan fingerprint density at radius 2 is 1.29 bits per heavy atom. The smallest absolute Gasteiger partial charge is 0.123 e. The van der Waals surface area contributed by atoms with E-state index in [0.717, 1.165) is 47.3 Å². The van der Waals surface area contributed by atoms with Crippen LogP contribution in [0, 0.1) is 17.6 Å². The molecule has 3 aromatic carbocycles. The van der Waals surface area contributed by atoms with E-state index in [1.165, 1.54) is 24.3 Å². The van der Waals surface area contributed by atoms with E-state index in [-0.39, 0.29) is 17.7 Å². The summed E-state index contributed by atoms with van der Waals surface area (Å²) in [4.78, 5) is 0. The monoisotopic (exact) mass is 379 g/mol. The Labute approximate surface area is 164 Å². The largest absolute Gasteiger partial charge is 0.490 e. The molecule has 0 radical (unpaired) electrons. The molecule has 0 spiro atoms. The SMILES string of the molecule is NC[C@H]1CC[C@@H](Oc2cc(-c3ccc(F)cc3)cc(-c3ccc(F)cc3)c2)C1. The molecule has 2 atom stereocenters. The quantitative estimate of drug-likeness (QED) is 0.608. The lowest BCUT2D eigenvalue weighted by molar-refractivity contribution is 0.205. The van der Waals surface area contributed by atoms with Crippen LogP contribution in [0.3, 0.4) is 0 Å². The molecule has 1 saturated carbocycles. The van der Waals surface area contributed by atoms with Gasteiger partial charge in [-0.25, -0.2) is 8.78 Å². The van der Waals surface area contributed by atoms with Crippen LogP contribution in [-0.2, 0) is 0 Å². The van der Waals surface area contributed by atoms with Gasteiger partial charge in [0.15, 0.2) is 0 Å². The van der Waals surface area contributed by atoms with Gasteiger partial charge in [-0.3, -0.25) is 0 Å². The molecule has 0 aromatic heterocycles. The van der Waals surface area contributed by atoms with Gasteiger partial charge in [0.05, 0.1) is 6.10 Å². The second-order valence-corrected chi connectivity index (χ2v) is 7.41. The summed E-state index contributed by atoms with van der Waals surface area (Å²) in [7, 11) is 0. The van der Waals surface area contributed by atoms with E-state index >= 15 is 0 Å². The molecule has 2 nitrogen and oxygen atoms in total. The van der Waals surface area contributed by atoms with E-state index in [4.69, 9.17) is 10.5 Å². The minimum atomic E-state index is -0.270. The Balaban J connectivity index is 1.70. The number of nitrogens with two attached hydrogens (primary N) is 1. The molecule has 1 fully saturated rings. The second kappa shape index (κ2) is 8.11. The van der Waals surface area contributed by atoms with Crippen molar-refractivity contribution < 1.29 is 13.5 Å². The van der Waals surface area contributed by atoms with Crippen LogP contribution in [0.25, 0.3) is 22.3 Å². The number of rotatable bonds is 5. The number of hydrogen-bond acceptors (Lipinski definition) is 2. The summed E-state index contributed by atoms with van der Waals surface area (Å²) >= 11 is 0. The Kier molecular flexibility index (Phi) is 5.40. The van der Waals surface area contributed by atoms with Crippen molar-refractivity contribution in [3.05, 3.63) is 78.4 Å². The molecule has 2 N–H and O–H groups in total. The first-order valence-corrected chi connectivity index (χ1v) is 9.64. The molecule has 0 amide bonds. The van der Waals surface area contributed by atoms with Gasteiger partial charge in [-0.15, -0.1) is 0 Å². The van der Waals surface area contributed by atoms with Crippen LogP contribution >= 0.6 is 0 Å². The third-order valence-electron chi connectivity index (χ3n) is 5.39. The average molecular weight is 379 g/mol. The summed E-state index contributed by atoms with van der Waals surface area (Å²) in [6, 6.07) is 18.8. The molecule has 144 valence electrons. The first kappa shape index (κ1) is 18.6. The van der Waals surface area contributed by atoms with Crippen molar-refractivity contribution in [1.29, 1.82) is 0 Å². The zero-order chi connectivity index (χ0) is 19.5. The Morgan fingerprint density at radius 1 is 0.750 bits per heavy atom. The van der Waals surface area contributed by atoms with Gasteiger partial charge in [-0.1, -0.05) is 24.3 Å². The van der Waals surface area contributed by atoms with Crippen LogP contribution < -0.4 is 10.5 Å². The summed E-state index contributed by atoms with van der Waals surface area (Å²) in [5.41, 5.74) is 9.48. The van der Waals surface area contributed by atoms with Crippen LogP contribution in [0.2, 0.25) is 0 Å². The summed E-state index contributed by atoms with van der Waals surface area (Å²) in [6.45, 7) is 0.691. The number of halogens is 2. The van der Waals surface area contributed by atoms with Crippen molar-refractivity contribution in [2.75, 3.05) is 6.54 Å². The molecule has 0 bridgehead atoms. The van der Waals surface area contributed by atoms with Gasteiger partial charge in [0.1, 0.15) is 17.4 Å². The zero-order valence-electron chi connectivity index (χ0n) is 15.6. The summed E-state index contributed by atoms with van der Waals surface area (Å²) in [5, 5.41) is 0.